The summed E-state index contributed by atoms with van der Waals surface area (Å²) in [7, 11) is 0. The van der Waals surface area contributed by atoms with Gasteiger partial charge in [0, 0.05) is 35.7 Å². The van der Waals surface area contributed by atoms with Crippen LogP contribution in [-0.4, -0.2) is 23.4 Å². The molecule has 2 heterocycles. The van der Waals surface area contributed by atoms with Gasteiger partial charge in [0.15, 0.2) is 0 Å². The molecule has 0 bridgehead atoms. The zero-order valence-electron chi connectivity index (χ0n) is 18.5. The molecule has 166 valence electrons. The molecule has 1 fully saturated rings. The number of hydrogen-bond donors (Lipinski definition) is 2. The van der Waals surface area contributed by atoms with Crippen LogP contribution < -0.4 is 10.6 Å². The number of thiophene rings is 1. The predicted molar refractivity (Wildman–Crippen MR) is 131 cm³/mol. The van der Waals surface area contributed by atoms with E-state index in [2.05, 4.69) is 58.5 Å². The maximum absolute atomic E-state index is 12.6. The van der Waals surface area contributed by atoms with Crippen molar-refractivity contribution < 1.29 is 9.59 Å². The second-order valence-corrected chi connectivity index (χ2v) is 9.85. The van der Waals surface area contributed by atoms with E-state index in [9.17, 15) is 9.59 Å². The standard InChI is InChI=1S/C27H30N2O2S/c1-20(18-24-8-5-17-32-24)28-25(30)13-15-27(16-14-26(31)29-27)19-21-9-11-23(12-10-21)22-6-3-2-4-7-22/h2-12,17,20H,13-16,18-19H2,1H3,(H,28,30)(H,29,31)/t20-,27-/m0/s1. The summed E-state index contributed by atoms with van der Waals surface area (Å²) in [6.07, 6.45) is 3.95. The van der Waals surface area contributed by atoms with Crippen LogP contribution in [0.25, 0.3) is 11.1 Å². The smallest absolute Gasteiger partial charge is 0.220 e. The van der Waals surface area contributed by atoms with Crippen LogP contribution in [0.1, 0.15) is 43.0 Å². The van der Waals surface area contributed by atoms with Gasteiger partial charge in [-0.25, -0.2) is 0 Å². The molecule has 32 heavy (non-hydrogen) atoms. The highest BCUT2D eigenvalue weighted by atomic mass is 32.1. The van der Waals surface area contributed by atoms with Gasteiger partial charge in [-0.15, -0.1) is 11.3 Å². The summed E-state index contributed by atoms with van der Waals surface area (Å²) in [5.74, 6) is 0.131. The lowest BCUT2D eigenvalue weighted by Crippen LogP contribution is -2.45. The predicted octanol–water partition coefficient (Wildman–Crippen LogP) is 5.13. The summed E-state index contributed by atoms with van der Waals surface area (Å²) >= 11 is 1.71. The van der Waals surface area contributed by atoms with E-state index in [1.807, 2.05) is 31.2 Å². The van der Waals surface area contributed by atoms with Crippen molar-refractivity contribution >= 4 is 23.2 Å². The summed E-state index contributed by atoms with van der Waals surface area (Å²) in [5.41, 5.74) is 3.20. The second kappa shape index (κ2) is 10.1. The fourth-order valence-electron chi connectivity index (χ4n) is 4.50. The topological polar surface area (TPSA) is 58.2 Å². The minimum atomic E-state index is -0.348. The minimum Gasteiger partial charge on any atom is -0.353 e. The first-order valence-electron chi connectivity index (χ1n) is 11.3. The van der Waals surface area contributed by atoms with Crippen molar-refractivity contribution in [3.63, 3.8) is 0 Å². The SMILES string of the molecule is C[C@@H](Cc1cccs1)NC(=O)CC[C@@]1(Cc2ccc(-c3ccccc3)cc2)CCC(=O)N1. The molecule has 2 aromatic carbocycles. The normalized spacial score (nSPS) is 18.8. The van der Waals surface area contributed by atoms with Crippen molar-refractivity contribution in [3.8, 4) is 11.1 Å². The fraction of sp³-hybridized carbons (Fsp3) is 0.333. The Morgan fingerprint density at radius 1 is 1.06 bits per heavy atom. The van der Waals surface area contributed by atoms with Crippen LogP contribution in [-0.2, 0) is 22.4 Å². The van der Waals surface area contributed by atoms with Crippen molar-refractivity contribution in [1.29, 1.82) is 0 Å². The average molecular weight is 447 g/mol. The highest BCUT2D eigenvalue weighted by molar-refractivity contribution is 7.09. The van der Waals surface area contributed by atoms with E-state index in [4.69, 9.17) is 0 Å². The lowest BCUT2D eigenvalue weighted by Gasteiger charge is -2.29. The van der Waals surface area contributed by atoms with E-state index in [1.165, 1.54) is 21.6 Å². The largest absolute Gasteiger partial charge is 0.353 e. The first-order chi connectivity index (χ1) is 15.5. The van der Waals surface area contributed by atoms with Crippen LogP contribution in [0.4, 0.5) is 0 Å². The summed E-state index contributed by atoms with van der Waals surface area (Å²) < 4.78 is 0. The number of carbonyl (C=O) groups excluding carboxylic acids is 2. The molecule has 4 rings (SSSR count). The summed E-state index contributed by atoms with van der Waals surface area (Å²) in [4.78, 5) is 25.9. The van der Waals surface area contributed by atoms with Crippen molar-refractivity contribution in [2.24, 2.45) is 0 Å². The third-order valence-electron chi connectivity index (χ3n) is 6.16. The molecular weight excluding hydrogens is 416 g/mol. The van der Waals surface area contributed by atoms with Crippen molar-refractivity contribution in [1.82, 2.24) is 10.6 Å². The molecule has 1 aliphatic heterocycles. The molecular formula is C27H30N2O2S. The Bertz CT molecular complexity index is 1030. The first-order valence-corrected chi connectivity index (χ1v) is 12.2. The van der Waals surface area contributed by atoms with Crippen LogP contribution in [0.2, 0.25) is 0 Å². The lowest BCUT2D eigenvalue weighted by atomic mass is 9.84. The molecule has 3 aromatic rings. The molecule has 0 spiro atoms. The van der Waals surface area contributed by atoms with Crippen molar-refractivity contribution in [2.75, 3.05) is 0 Å². The molecule has 0 saturated carbocycles. The highest BCUT2D eigenvalue weighted by Gasteiger charge is 2.37. The number of hydrogen-bond acceptors (Lipinski definition) is 3. The average Bonchev–Trinajstić information content (AvgIpc) is 3.43. The van der Waals surface area contributed by atoms with Gasteiger partial charge in [-0.3, -0.25) is 9.59 Å². The first kappa shape index (κ1) is 22.3. The molecule has 1 aromatic heterocycles. The highest BCUT2D eigenvalue weighted by Crippen LogP contribution is 2.30. The van der Waals surface area contributed by atoms with E-state index in [1.54, 1.807) is 11.3 Å². The molecule has 4 nitrogen and oxygen atoms in total. The number of rotatable bonds is 9. The van der Waals surface area contributed by atoms with E-state index in [-0.39, 0.29) is 23.4 Å². The van der Waals surface area contributed by atoms with E-state index < -0.39 is 0 Å². The van der Waals surface area contributed by atoms with Crippen LogP contribution in [0.5, 0.6) is 0 Å². The van der Waals surface area contributed by atoms with Crippen LogP contribution >= 0.6 is 11.3 Å². The summed E-state index contributed by atoms with van der Waals surface area (Å²) in [6.45, 7) is 2.04. The van der Waals surface area contributed by atoms with Gasteiger partial charge in [0.05, 0.1) is 0 Å². The Morgan fingerprint density at radius 3 is 2.47 bits per heavy atom. The van der Waals surface area contributed by atoms with E-state index in [0.29, 0.717) is 19.3 Å². The van der Waals surface area contributed by atoms with Gasteiger partial charge in [0.25, 0.3) is 0 Å². The lowest BCUT2D eigenvalue weighted by molar-refractivity contribution is -0.123. The molecule has 2 N–H and O–H groups in total. The number of nitrogens with one attached hydrogen (secondary N) is 2. The zero-order valence-corrected chi connectivity index (χ0v) is 19.3. The zero-order chi connectivity index (χ0) is 22.4. The maximum atomic E-state index is 12.6. The van der Waals surface area contributed by atoms with Crippen LogP contribution in [0.15, 0.2) is 72.1 Å². The van der Waals surface area contributed by atoms with E-state index >= 15 is 0 Å². The molecule has 0 aliphatic carbocycles. The molecule has 2 amide bonds. The van der Waals surface area contributed by atoms with Gasteiger partial charge in [0.1, 0.15) is 0 Å². The molecule has 2 atom stereocenters. The van der Waals surface area contributed by atoms with Crippen LogP contribution in [0.3, 0.4) is 0 Å². The molecule has 0 radical (unpaired) electrons. The third-order valence-corrected chi connectivity index (χ3v) is 7.06. The van der Waals surface area contributed by atoms with Gasteiger partial charge in [-0.05, 0) is 54.3 Å². The minimum absolute atomic E-state index is 0.0500. The monoisotopic (exact) mass is 446 g/mol. The summed E-state index contributed by atoms with van der Waals surface area (Å²) in [5, 5.41) is 8.36. The van der Waals surface area contributed by atoms with Crippen molar-refractivity contribution in [2.45, 2.75) is 57.0 Å². The molecule has 5 heteroatoms. The number of benzene rings is 2. The van der Waals surface area contributed by atoms with Gasteiger partial charge in [0.2, 0.25) is 11.8 Å². The third kappa shape index (κ3) is 5.86. The Labute approximate surface area is 194 Å². The fourth-order valence-corrected chi connectivity index (χ4v) is 5.34. The quantitative estimate of drug-likeness (QED) is 0.478. The molecule has 1 aliphatic rings. The summed E-state index contributed by atoms with van der Waals surface area (Å²) in [6, 6.07) is 23.1. The van der Waals surface area contributed by atoms with Gasteiger partial charge in [-0.1, -0.05) is 60.7 Å². The van der Waals surface area contributed by atoms with Gasteiger partial charge < -0.3 is 10.6 Å². The van der Waals surface area contributed by atoms with Crippen LogP contribution in [0, 0.1) is 0 Å². The molecule has 0 unspecified atom stereocenters. The van der Waals surface area contributed by atoms with Crippen molar-refractivity contribution in [3.05, 3.63) is 82.6 Å². The number of amides is 2. The maximum Gasteiger partial charge on any atom is 0.220 e. The Hall–Kier alpha value is -2.92. The van der Waals surface area contributed by atoms with E-state index in [0.717, 1.165) is 19.3 Å². The van der Waals surface area contributed by atoms with Gasteiger partial charge >= 0.3 is 0 Å². The Balaban J connectivity index is 1.36. The Morgan fingerprint density at radius 2 is 1.81 bits per heavy atom. The number of carbonyl (C=O) groups is 2. The van der Waals surface area contributed by atoms with Gasteiger partial charge in [-0.2, -0.15) is 0 Å². The Kier molecular flexibility index (Phi) is 7.05. The molecule has 1 saturated heterocycles. The second-order valence-electron chi connectivity index (χ2n) is 8.82.